The molecular formula is C25H30Cl2O13P2. The number of ether oxygens (including phenoxy) is 1. The van der Waals surface area contributed by atoms with Crippen molar-refractivity contribution in [2.75, 3.05) is 19.8 Å². The van der Waals surface area contributed by atoms with Gasteiger partial charge in [0, 0.05) is 22.9 Å². The first-order valence-electron chi connectivity index (χ1n) is 13.0. The Morgan fingerprint density at radius 3 is 1.95 bits per heavy atom. The number of hydrogen-bond donors (Lipinski definition) is 4. The Morgan fingerprint density at radius 2 is 1.38 bits per heavy atom. The third kappa shape index (κ3) is 7.63. The summed E-state index contributed by atoms with van der Waals surface area (Å²) in [6.45, 7) is -0.745. The van der Waals surface area contributed by atoms with E-state index in [1.807, 2.05) is 0 Å². The standard InChI is InChI=1S/C25H30Cl2O13P2/c26-16-5-1-3-14(11-16)19-7-9-34-41(32,38-19)36-13-18(28)24-22(30)21(29)23(31)25(37-24)40-42(33)35-10-8-20(39-42)15-4-2-6-17(27)12-15/h1-6,11-12,18-25,28-31H,7-10,13H2/t18-,19+,20-,21+,22+,23+,24-,25+,41-,42-/m1/s1. The van der Waals surface area contributed by atoms with E-state index in [-0.39, 0.29) is 13.2 Å². The van der Waals surface area contributed by atoms with Crippen LogP contribution >= 0.6 is 38.8 Å². The molecule has 0 unspecified atom stereocenters. The molecule has 17 heteroatoms. The molecule has 0 spiro atoms. The topological polar surface area (TPSA) is 180 Å². The van der Waals surface area contributed by atoms with Gasteiger partial charge in [-0.3, -0.25) is 27.1 Å². The van der Waals surface area contributed by atoms with Crippen molar-refractivity contribution in [2.45, 2.75) is 61.9 Å². The number of phosphoric acid groups is 2. The molecule has 5 rings (SSSR count). The van der Waals surface area contributed by atoms with E-state index in [4.69, 9.17) is 55.1 Å². The van der Waals surface area contributed by atoms with Crippen LogP contribution in [0.15, 0.2) is 48.5 Å². The van der Waals surface area contributed by atoms with Gasteiger partial charge in [0.25, 0.3) is 0 Å². The van der Waals surface area contributed by atoms with E-state index in [9.17, 15) is 29.6 Å². The molecule has 232 valence electrons. The van der Waals surface area contributed by atoms with Crippen LogP contribution in [0.2, 0.25) is 10.0 Å². The molecule has 0 radical (unpaired) electrons. The maximum Gasteiger partial charge on any atom is 0.477 e. The molecule has 3 heterocycles. The van der Waals surface area contributed by atoms with Gasteiger partial charge >= 0.3 is 15.6 Å². The number of benzene rings is 2. The van der Waals surface area contributed by atoms with Gasteiger partial charge in [0.15, 0.2) is 6.29 Å². The smallest absolute Gasteiger partial charge is 0.388 e. The van der Waals surface area contributed by atoms with Crippen LogP contribution in [-0.4, -0.2) is 77.1 Å². The molecule has 42 heavy (non-hydrogen) atoms. The number of rotatable bonds is 8. The van der Waals surface area contributed by atoms with Crippen molar-refractivity contribution in [1.29, 1.82) is 0 Å². The minimum Gasteiger partial charge on any atom is -0.388 e. The summed E-state index contributed by atoms with van der Waals surface area (Å²) < 4.78 is 64.2. The summed E-state index contributed by atoms with van der Waals surface area (Å²) in [5.41, 5.74) is 1.26. The Morgan fingerprint density at radius 1 is 0.833 bits per heavy atom. The van der Waals surface area contributed by atoms with E-state index in [0.29, 0.717) is 34.0 Å². The van der Waals surface area contributed by atoms with Gasteiger partial charge in [-0.25, -0.2) is 9.13 Å². The summed E-state index contributed by atoms with van der Waals surface area (Å²) in [5.74, 6) is 0. The Hall–Kier alpha value is -0.960. The minimum atomic E-state index is -4.37. The first-order valence-corrected chi connectivity index (χ1v) is 16.7. The third-order valence-corrected chi connectivity index (χ3v) is 10.3. The molecule has 13 nitrogen and oxygen atoms in total. The van der Waals surface area contributed by atoms with E-state index in [2.05, 4.69) is 0 Å². The van der Waals surface area contributed by atoms with E-state index >= 15 is 0 Å². The van der Waals surface area contributed by atoms with Gasteiger partial charge in [0.05, 0.1) is 32.0 Å². The van der Waals surface area contributed by atoms with Crippen LogP contribution < -0.4 is 0 Å². The fraction of sp³-hybridized carbons (Fsp3) is 0.520. The number of hydrogen-bond acceptors (Lipinski definition) is 13. The van der Waals surface area contributed by atoms with Crippen LogP contribution in [0.4, 0.5) is 0 Å². The Labute approximate surface area is 251 Å². The largest absolute Gasteiger partial charge is 0.477 e. The minimum absolute atomic E-state index is 0.0272. The maximum atomic E-state index is 13.3. The molecule has 3 saturated heterocycles. The molecule has 0 saturated carbocycles. The fourth-order valence-corrected chi connectivity index (χ4v) is 7.95. The van der Waals surface area contributed by atoms with E-state index < -0.39 is 71.3 Å². The van der Waals surface area contributed by atoms with Crippen molar-refractivity contribution in [2.24, 2.45) is 0 Å². The van der Waals surface area contributed by atoms with Crippen LogP contribution in [0, 0.1) is 0 Å². The van der Waals surface area contributed by atoms with Crippen molar-refractivity contribution in [1.82, 2.24) is 0 Å². The maximum absolute atomic E-state index is 13.3. The molecule has 0 bridgehead atoms. The fourth-order valence-electron chi connectivity index (χ4n) is 4.68. The molecule has 2 aromatic rings. The first-order chi connectivity index (χ1) is 20.0. The molecule has 0 aromatic heterocycles. The average Bonchev–Trinajstić information content (AvgIpc) is 2.96. The molecule has 4 N–H and O–H groups in total. The second-order valence-electron chi connectivity index (χ2n) is 9.85. The second kappa shape index (κ2) is 13.6. The van der Waals surface area contributed by atoms with Gasteiger partial charge in [-0.2, -0.15) is 0 Å². The normalized spacial score (nSPS) is 38.2. The Kier molecular flexibility index (Phi) is 10.5. The van der Waals surface area contributed by atoms with E-state index in [1.54, 1.807) is 48.5 Å². The van der Waals surface area contributed by atoms with E-state index in [0.717, 1.165) is 0 Å². The van der Waals surface area contributed by atoms with Crippen molar-refractivity contribution in [3.63, 3.8) is 0 Å². The molecular weight excluding hydrogens is 641 g/mol. The number of halogens is 2. The van der Waals surface area contributed by atoms with Crippen molar-refractivity contribution in [3.8, 4) is 0 Å². The van der Waals surface area contributed by atoms with Crippen LogP contribution in [0.5, 0.6) is 0 Å². The van der Waals surface area contributed by atoms with Crippen LogP contribution in [-0.2, 0) is 41.0 Å². The zero-order valence-electron chi connectivity index (χ0n) is 21.9. The third-order valence-electron chi connectivity index (χ3n) is 6.83. The van der Waals surface area contributed by atoms with Crippen molar-refractivity contribution in [3.05, 3.63) is 69.7 Å². The average molecular weight is 671 g/mol. The molecule has 3 fully saturated rings. The zero-order chi connectivity index (χ0) is 30.1. The second-order valence-corrected chi connectivity index (χ2v) is 13.9. The summed E-state index contributed by atoms with van der Waals surface area (Å²) in [6, 6.07) is 13.5. The van der Waals surface area contributed by atoms with Crippen LogP contribution in [0.1, 0.15) is 36.2 Å². The summed E-state index contributed by atoms with van der Waals surface area (Å²) >= 11 is 12.1. The van der Waals surface area contributed by atoms with Gasteiger partial charge < -0.3 is 25.2 Å². The van der Waals surface area contributed by atoms with Crippen molar-refractivity contribution < 1.29 is 61.4 Å². The van der Waals surface area contributed by atoms with Gasteiger partial charge in [0.1, 0.15) is 30.5 Å². The molecule has 0 aliphatic carbocycles. The number of aliphatic hydroxyl groups excluding tert-OH is 4. The predicted octanol–water partition coefficient (Wildman–Crippen LogP) is 4.07. The molecule has 2 aromatic carbocycles. The summed E-state index contributed by atoms with van der Waals surface area (Å²) in [7, 11) is -8.55. The van der Waals surface area contributed by atoms with Gasteiger partial charge in [-0.1, -0.05) is 47.5 Å². The highest BCUT2D eigenvalue weighted by molar-refractivity contribution is 7.48. The van der Waals surface area contributed by atoms with E-state index in [1.165, 1.54) is 0 Å². The highest BCUT2D eigenvalue weighted by Gasteiger charge is 2.51. The highest BCUT2D eigenvalue weighted by atomic mass is 35.5. The zero-order valence-corrected chi connectivity index (χ0v) is 25.2. The molecule has 0 amide bonds. The van der Waals surface area contributed by atoms with Crippen LogP contribution in [0.25, 0.3) is 0 Å². The monoisotopic (exact) mass is 670 g/mol. The summed E-state index contributed by atoms with van der Waals surface area (Å²) in [4.78, 5) is 0. The predicted molar refractivity (Wildman–Crippen MR) is 147 cm³/mol. The quantitative estimate of drug-likeness (QED) is 0.296. The summed E-state index contributed by atoms with van der Waals surface area (Å²) in [6.07, 6.45) is -11.6. The lowest BCUT2D eigenvalue weighted by molar-refractivity contribution is -0.294. The summed E-state index contributed by atoms with van der Waals surface area (Å²) in [5, 5.41) is 43.1. The molecule has 3 aliphatic rings. The van der Waals surface area contributed by atoms with Gasteiger partial charge in [0.2, 0.25) is 0 Å². The van der Waals surface area contributed by atoms with Gasteiger partial charge in [-0.15, -0.1) is 0 Å². The van der Waals surface area contributed by atoms with Gasteiger partial charge in [-0.05, 0) is 35.4 Å². The molecule has 3 aliphatic heterocycles. The lowest BCUT2D eigenvalue weighted by atomic mass is 9.96. The SMILES string of the molecule is O=[P@]1(OC[C@@H](O)[C@H]2O[C@@H](O[P@]3(=O)OCC[C@H](c4cccc(Cl)c4)O3)[C@@H](O)[C@@H](O)[C@@H]2O)OCC[C@@H](c2cccc(Cl)c2)O1. The number of phosphoric ester groups is 2. The lowest BCUT2D eigenvalue weighted by Crippen LogP contribution is -2.61. The van der Waals surface area contributed by atoms with Crippen LogP contribution in [0.3, 0.4) is 0 Å². The first kappa shape index (κ1) is 32.4. The lowest BCUT2D eigenvalue weighted by Gasteiger charge is -2.43. The Bertz CT molecular complexity index is 1330. The molecule has 10 atom stereocenters. The van der Waals surface area contributed by atoms with Crippen molar-refractivity contribution >= 4 is 38.8 Å². The highest BCUT2D eigenvalue weighted by Crippen LogP contribution is 2.59. The Balaban J connectivity index is 1.22. The number of aliphatic hydroxyl groups is 4.